The number of phenolic OH excluding ortho intramolecular Hbond substituents is 1. The molecule has 0 fully saturated rings. The molecule has 0 radical (unpaired) electrons. The average molecular weight is 576 g/mol. The molecule has 2 aromatic carbocycles. The number of fused-ring (bicyclic) bond motifs is 1. The van der Waals surface area contributed by atoms with Crippen molar-refractivity contribution in [1.29, 1.82) is 0 Å². The number of phenols is 1. The second-order valence-corrected chi connectivity index (χ2v) is 9.90. The molecule has 0 saturated heterocycles. The number of benzene rings is 2. The number of hydrogen-bond acceptors (Lipinski definition) is 10. The quantitative estimate of drug-likeness (QED) is 0.350. The van der Waals surface area contributed by atoms with Crippen LogP contribution in [-0.2, 0) is 9.59 Å². The number of hydrogen-bond donors (Lipinski definition) is 4. The molecule has 0 saturated carbocycles. The third kappa shape index (κ3) is 4.58. The molecule has 40 heavy (non-hydrogen) atoms. The van der Waals surface area contributed by atoms with Crippen molar-refractivity contribution in [2.45, 2.75) is 31.3 Å². The Labute approximate surface area is 235 Å². The standard InChI is InChI=1S/C28H30ClNO10/c1-13-9-17(33)22(15(11-21(34)30-7-8-31)14-5-6-16(32)18(10-14)37-2)26(35)28(13)27(36)23-19(38-3)12-20(39-4)24(29)25(23)40-28/h5-6,10,12-13,15,31-32,35H,7-9,11H2,1-4H3,(H,30,34)/t13-,15?,28+/m1/s1. The lowest BCUT2D eigenvalue weighted by Gasteiger charge is -2.38. The monoisotopic (exact) mass is 575 g/mol. The number of halogens is 1. The van der Waals surface area contributed by atoms with E-state index in [0.29, 0.717) is 5.56 Å². The Balaban J connectivity index is 1.93. The molecule has 214 valence electrons. The highest BCUT2D eigenvalue weighted by Gasteiger charge is 2.61. The van der Waals surface area contributed by atoms with Crippen molar-refractivity contribution in [3.63, 3.8) is 0 Å². The van der Waals surface area contributed by atoms with Crippen LogP contribution in [0.3, 0.4) is 0 Å². The molecule has 12 heteroatoms. The number of ketones is 2. The van der Waals surface area contributed by atoms with E-state index in [1.165, 1.54) is 45.6 Å². The van der Waals surface area contributed by atoms with Crippen LogP contribution in [0.1, 0.15) is 41.6 Å². The van der Waals surface area contributed by atoms with Gasteiger partial charge < -0.3 is 39.6 Å². The van der Waals surface area contributed by atoms with Gasteiger partial charge in [0.1, 0.15) is 22.1 Å². The van der Waals surface area contributed by atoms with Gasteiger partial charge in [0.25, 0.3) is 0 Å². The SMILES string of the molecule is COc1cc(C(CC(=O)NCCO)C2=C(O)[C@@]3(Oc4c(Cl)c(OC)cc(OC)c4C3=O)[C@H](C)CC2=O)ccc1O. The maximum atomic E-state index is 14.1. The summed E-state index contributed by atoms with van der Waals surface area (Å²) >= 11 is 6.50. The molecule has 11 nitrogen and oxygen atoms in total. The van der Waals surface area contributed by atoms with Gasteiger partial charge in [-0.05, 0) is 17.7 Å². The Hall–Kier alpha value is -3.96. The number of aromatic hydroxyl groups is 1. The molecule has 2 aromatic rings. The first-order valence-electron chi connectivity index (χ1n) is 12.4. The number of carbonyl (C=O) groups excluding carboxylic acids is 3. The number of aliphatic hydroxyl groups is 2. The molecule has 1 aliphatic heterocycles. The van der Waals surface area contributed by atoms with Gasteiger partial charge in [-0.2, -0.15) is 0 Å². The third-order valence-corrected chi connectivity index (χ3v) is 7.65. The van der Waals surface area contributed by atoms with Gasteiger partial charge in [-0.25, -0.2) is 0 Å². The number of nitrogens with one attached hydrogen (secondary N) is 1. The number of ether oxygens (including phenoxy) is 4. The van der Waals surface area contributed by atoms with Crippen LogP contribution in [-0.4, -0.2) is 72.9 Å². The fraction of sp³-hybridized carbons (Fsp3) is 0.393. The highest BCUT2D eigenvalue weighted by molar-refractivity contribution is 6.35. The normalized spacial score (nSPS) is 20.7. The summed E-state index contributed by atoms with van der Waals surface area (Å²) in [4.78, 5) is 40.4. The van der Waals surface area contributed by atoms with Crippen LogP contribution in [0.4, 0.5) is 0 Å². The number of allylic oxidation sites excluding steroid dienone is 1. The van der Waals surface area contributed by atoms with E-state index in [1.54, 1.807) is 6.92 Å². The van der Waals surface area contributed by atoms with Gasteiger partial charge in [-0.15, -0.1) is 0 Å². The second-order valence-electron chi connectivity index (χ2n) is 9.52. The first kappa shape index (κ1) is 29.0. The topological polar surface area (TPSA) is 161 Å². The largest absolute Gasteiger partial charge is 0.507 e. The Bertz CT molecular complexity index is 1400. The summed E-state index contributed by atoms with van der Waals surface area (Å²) in [6.45, 7) is 1.27. The molecular weight excluding hydrogens is 546 g/mol. The lowest BCUT2D eigenvalue weighted by atomic mass is 9.69. The lowest BCUT2D eigenvalue weighted by molar-refractivity contribution is -0.122. The van der Waals surface area contributed by atoms with Gasteiger partial charge in [0.2, 0.25) is 17.3 Å². The average Bonchev–Trinajstić information content (AvgIpc) is 3.25. The zero-order chi connectivity index (χ0) is 29.4. The van der Waals surface area contributed by atoms with Crippen LogP contribution in [0.5, 0.6) is 28.7 Å². The van der Waals surface area contributed by atoms with Crippen molar-refractivity contribution in [3.05, 3.63) is 51.7 Å². The van der Waals surface area contributed by atoms with Crippen LogP contribution in [0.25, 0.3) is 0 Å². The van der Waals surface area contributed by atoms with Crippen LogP contribution in [0, 0.1) is 5.92 Å². The van der Waals surface area contributed by atoms with Crippen LogP contribution < -0.4 is 24.3 Å². The van der Waals surface area contributed by atoms with E-state index in [2.05, 4.69) is 5.32 Å². The molecule has 1 aliphatic carbocycles. The second kappa shape index (κ2) is 11.3. The number of aliphatic hydroxyl groups excluding tert-OH is 2. The van der Waals surface area contributed by atoms with E-state index in [4.69, 9.17) is 35.7 Å². The van der Waals surface area contributed by atoms with Gasteiger partial charge in [0.15, 0.2) is 28.8 Å². The summed E-state index contributed by atoms with van der Waals surface area (Å²) in [5.74, 6) is -4.09. The van der Waals surface area contributed by atoms with Crippen molar-refractivity contribution in [1.82, 2.24) is 5.32 Å². The highest BCUT2D eigenvalue weighted by atomic mass is 35.5. The van der Waals surface area contributed by atoms with Crippen molar-refractivity contribution in [2.24, 2.45) is 5.92 Å². The third-order valence-electron chi connectivity index (χ3n) is 7.29. The molecule has 1 unspecified atom stereocenters. The number of Topliss-reactive ketones (excluding diaryl/α,β-unsaturated/α-hetero) is 2. The van der Waals surface area contributed by atoms with Crippen molar-refractivity contribution in [3.8, 4) is 28.7 Å². The van der Waals surface area contributed by atoms with Crippen LogP contribution in [0.15, 0.2) is 35.6 Å². The van der Waals surface area contributed by atoms with Gasteiger partial charge in [-0.3, -0.25) is 14.4 Å². The number of methoxy groups -OCH3 is 3. The Kier molecular flexibility index (Phi) is 8.18. The number of carbonyl (C=O) groups is 3. The lowest BCUT2D eigenvalue weighted by Crippen LogP contribution is -2.53. The fourth-order valence-corrected chi connectivity index (χ4v) is 5.55. The molecular formula is C28H30ClNO10. The van der Waals surface area contributed by atoms with E-state index in [1.807, 2.05) is 0 Å². The van der Waals surface area contributed by atoms with E-state index >= 15 is 0 Å². The summed E-state index contributed by atoms with van der Waals surface area (Å²) in [7, 11) is 4.08. The molecule has 1 heterocycles. The van der Waals surface area contributed by atoms with Crippen molar-refractivity contribution >= 4 is 29.1 Å². The predicted octanol–water partition coefficient (Wildman–Crippen LogP) is 3.09. The minimum absolute atomic E-state index is 0.00910. The molecule has 0 bridgehead atoms. The van der Waals surface area contributed by atoms with E-state index in [0.717, 1.165) is 0 Å². The molecule has 0 aromatic heterocycles. The predicted molar refractivity (Wildman–Crippen MR) is 143 cm³/mol. The first-order chi connectivity index (χ1) is 19.0. The van der Waals surface area contributed by atoms with E-state index in [-0.39, 0.29) is 70.9 Å². The van der Waals surface area contributed by atoms with Gasteiger partial charge in [0, 0.05) is 42.9 Å². The molecule has 2 aliphatic rings. The summed E-state index contributed by atoms with van der Waals surface area (Å²) in [5.41, 5.74) is -1.89. The van der Waals surface area contributed by atoms with Crippen LogP contribution in [0.2, 0.25) is 5.02 Å². The molecule has 1 amide bonds. The maximum Gasteiger partial charge on any atom is 0.231 e. The Morgan fingerprint density at radius 3 is 2.42 bits per heavy atom. The Morgan fingerprint density at radius 2 is 1.80 bits per heavy atom. The first-order valence-corrected chi connectivity index (χ1v) is 12.8. The van der Waals surface area contributed by atoms with Crippen LogP contribution >= 0.6 is 11.6 Å². The smallest absolute Gasteiger partial charge is 0.231 e. The number of rotatable bonds is 9. The fourth-order valence-electron chi connectivity index (χ4n) is 5.29. The minimum Gasteiger partial charge on any atom is -0.507 e. The van der Waals surface area contributed by atoms with Gasteiger partial charge >= 0.3 is 0 Å². The summed E-state index contributed by atoms with van der Waals surface area (Å²) in [6, 6.07) is 5.68. The molecule has 4 rings (SSSR count). The van der Waals surface area contributed by atoms with E-state index in [9.17, 15) is 24.6 Å². The van der Waals surface area contributed by atoms with Gasteiger partial charge in [-0.1, -0.05) is 24.6 Å². The van der Waals surface area contributed by atoms with E-state index < -0.39 is 40.7 Å². The summed E-state index contributed by atoms with van der Waals surface area (Å²) in [5, 5.41) is 33.6. The Morgan fingerprint density at radius 1 is 1.12 bits per heavy atom. The molecule has 1 spiro atoms. The zero-order valence-electron chi connectivity index (χ0n) is 22.4. The summed E-state index contributed by atoms with van der Waals surface area (Å²) in [6.07, 6.45) is -0.525. The van der Waals surface area contributed by atoms with Crippen molar-refractivity contribution < 1.29 is 48.7 Å². The highest BCUT2D eigenvalue weighted by Crippen LogP contribution is 2.55. The molecule has 4 N–H and O–H groups in total. The zero-order valence-corrected chi connectivity index (χ0v) is 23.1. The maximum absolute atomic E-state index is 14.1. The minimum atomic E-state index is -2.03. The van der Waals surface area contributed by atoms with Gasteiger partial charge in [0.05, 0.1) is 27.9 Å². The molecule has 3 atom stereocenters. The van der Waals surface area contributed by atoms with Crippen molar-refractivity contribution in [2.75, 3.05) is 34.5 Å². The number of amides is 1. The summed E-state index contributed by atoms with van der Waals surface area (Å²) < 4.78 is 22.1.